The summed E-state index contributed by atoms with van der Waals surface area (Å²) in [6.45, 7) is 5.64. The molecule has 2 heterocycles. The maximum atomic E-state index is 13.2. The first kappa shape index (κ1) is 27.3. The van der Waals surface area contributed by atoms with Crippen molar-refractivity contribution in [2.24, 2.45) is 0 Å². The normalized spacial score (nSPS) is 14.0. The van der Waals surface area contributed by atoms with Gasteiger partial charge in [-0.3, -0.25) is 19.7 Å². The van der Waals surface area contributed by atoms with Crippen LogP contribution in [0.3, 0.4) is 0 Å². The quantitative estimate of drug-likeness (QED) is 0.253. The van der Waals surface area contributed by atoms with Crippen LogP contribution >= 0.6 is 0 Å². The molecule has 4 rings (SSSR count). The Morgan fingerprint density at radius 3 is 2.56 bits per heavy atom. The topological polar surface area (TPSA) is 132 Å². The molecular formula is C29H33N7O3. The van der Waals surface area contributed by atoms with Crippen molar-refractivity contribution >= 4 is 34.4 Å². The van der Waals surface area contributed by atoms with Crippen LogP contribution in [0.25, 0.3) is 22.0 Å². The molecule has 4 N–H and O–H groups in total. The van der Waals surface area contributed by atoms with Crippen LogP contribution in [-0.2, 0) is 4.79 Å². The zero-order valence-electron chi connectivity index (χ0n) is 22.4. The van der Waals surface area contributed by atoms with Crippen LogP contribution < -0.4 is 16.0 Å². The molecule has 0 spiro atoms. The lowest BCUT2D eigenvalue weighted by Crippen LogP contribution is -2.33. The standard InChI is InChI=1S/C29H33N7O3/c1-5-21(12-10-18(2)27(37)32-22-8-6-7-9-22)31-28(38)26-24-15-19(11-13-25(24)34-35-26)20-14-23(17-30-16-20)33-29(39)36(3)4/h5,10-17,22H,2,6-9H2,1,3-4H3,(H,31,38)(H,32,37)(H,33,39)(H,34,35)/b12-10-,21-5+. The molecule has 1 fully saturated rings. The summed E-state index contributed by atoms with van der Waals surface area (Å²) in [6, 6.07) is 7.33. The van der Waals surface area contributed by atoms with Crippen LogP contribution in [0, 0.1) is 0 Å². The summed E-state index contributed by atoms with van der Waals surface area (Å²) in [5.74, 6) is -0.604. The summed E-state index contributed by atoms with van der Waals surface area (Å²) in [6.07, 6.45) is 12.5. The maximum Gasteiger partial charge on any atom is 0.321 e. The van der Waals surface area contributed by atoms with E-state index in [0.717, 1.165) is 36.8 Å². The summed E-state index contributed by atoms with van der Waals surface area (Å²) in [5.41, 5.74) is 3.89. The molecular weight excluding hydrogens is 494 g/mol. The van der Waals surface area contributed by atoms with Gasteiger partial charge in [-0.15, -0.1) is 0 Å². The second kappa shape index (κ2) is 12.2. The number of pyridine rings is 1. The summed E-state index contributed by atoms with van der Waals surface area (Å²) in [5, 5.41) is 16.4. The Morgan fingerprint density at radius 1 is 1.08 bits per heavy atom. The molecule has 0 saturated heterocycles. The fraction of sp³-hybridized carbons (Fsp3) is 0.276. The average Bonchev–Trinajstić information content (AvgIpc) is 3.60. The largest absolute Gasteiger partial charge is 0.349 e. The minimum absolute atomic E-state index is 0.203. The molecule has 1 aromatic carbocycles. The summed E-state index contributed by atoms with van der Waals surface area (Å²) in [4.78, 5) is 43.2. The molecule has 39 heavy (non-hydrogen) atoms. The lowest BCUT2D eigenvalue weighted by atomic mass is 10.0. The molecule has 3 aromatic rings. The van der Waals surface area contributed by atoms with E-state index in [0.29, 0.717) is 27.9 Å². The van der Waals surface area contributed by atoms with Crippen molar-refractivity contribution < 1.29 is 14.4 Å². The van der Waals surface area contributed by atoms with E-state index in [4.69, 9.17) is 0 Å². The van der Waals surface area contributed by atoms with Crippen LogP contribution in [0.2, 0.25) is 0 Å². The number of H-pyrrole nitrogens is 1. The summed E-state index contributed by atoms with van der Waals surface area (Å²) in [7, 11) is 3.32. The van der Waals surface area contributed by atoms with Gasteiger partial charge in [0.1, 0.15) is 0 Å². The van der Waals surface area contributed by atoms with Gasteiger partial charge in [0.2, 0.25) is 0 Å². The van der Waals surface area contributed by atoms with Gasteiger partial charge in [-0.05, 0) is 55.7 Å². The van der Waals surface area contributed by atoms with Crippen molar-refractivity contribution in [2.45, 2.75) is 38.6 Å². The van der Waals surface area contributed by atoms with E-state index in [-0.39, 0.29) is 23.7 Å². The monoisotopic (exact) mass is 527 g/mol. The number of allylic oxidation sites excluding steroid dienone is 2. The molecule has 1 aliphatic rings. The fourth-order valence-electron chi connectivity index (χ4n) is 4.28. The maximum absolute atomic E-state index is 13.2. The van der Waals surface area contributed by atoms with Gasteiger partial charge >= 0.3 is 6.03 Å². The van der Waals surface area contributed by atoms with Crippen LogP contribution in [0.4, 0.5) is 10.5 Å². The number of aromatic amines is 1. The first-order valence-corrected chi connectivity index (χ1v) is 12.8. The number of amides is 4. The number of aromatic nitrogens is 3. The smallest absolute Gasteiger partial charge is 0.321 e. The SMILES string of the molecule is C=C(/C=C\C(=C/C)NC(=O)c1n[nH]c2ccc(-c3cncc(NC(=O)N(C)C)c3)cc12)C(=O)NC1CCCC1. The second-order valence-corrected chi connectivity index (χ2v) is 9.63. The van der Waals surface area contributed by atoms with Crippen LogP contribution in [-0.4, -0.2) is 58.1 Å². The molecule has 0 bridgehead atoms. The van der Waals surface area contributed by atoms with Gasteiger partial charge in [0.25, 0.3) is 11.8 Å². The van der Waals surface area contributed by atoms with Crippen molar-refractivity contribution in [3.63, 3.8) is 0 Å². The van der Waals surface area contributed by atoms with Crippen LogP contribution in [0.5, 0.6) is 0 Å². The van der Waals surface area contributed by atoms with Gasteiger partial charge in [0.15, 0.2) is 5.69 Å². The highest BCUT2D eigenvalue weighted by molar-refractivity contribution is 6.06. The predicted molar refractivity (Wildman–Crippen MR) is 152 cm³/mol. The Kier molecular flexibility index (Phi) is 8.55. The average molecular weight is 528 g/mol. The molecule has 10 heteroatoms. The number of carbonyl (C=O) groups is 3. The fourth-order valence-corrected chi connectivity index (χ4v) is 4.28. The first-order chi connectivity index (χ1) is 18.7. The molecule has 202 valence electrons. The molecule has 4 amide bonds. The van der Waals surface area contributed by atoms with Gasteiger partial charge in [-0.25, -0.2) is 4.79 Å². The second-order valence-electron chi connectivity index (χ2n) is 9.63. The van der Waals surface area contributed by atoms with Crippen molar-refractivity contribution in [1.29, 1.82) is 0 Å². The molecule has 2 aromatic heterocycles. The number of urea groups is 1. The van der Waals surface area contributed by atoms with E-state index < -0.39 is 5.91 Å². The van der Waals surface area contributed by atoms with Gasteiger partial charge in [-0.1, -0.05) is 31.6 Å². The Balaban J connectivity index is 1.47. The first-order valence-electron chi connectivity index (χ1n) is 12.8. The Morgan fingerprint density at radius 2 is 1.85 bits per heavy atom. The van der Waals surface area contributed by atoms with Crippen molar-refractivity contribution in [3.05, 3.63) is 78.4 Å². The number of nitrogens with one attached hydrogen (secondary N) is 4. The minimum atomic E-state index is -0.401. The van der Waals surface area contributed by atoms with E-state index in [1.807, 2.05) is 24.3 Å². The van der Waals surface area contributed by atoms with Crippen molar-refractivity contribution in [2.75, 3.05) is 19.4 Å². The Bertz CT molecular complexity index is 1460. The lowest BCUT2D eigenvalue weighted by molar-refractivity contribution is -0.117. The highest BCUT2D eigenvalue weighted by atomic mass is 16.2. The highest BCUT2D eigenvalue weighted by Gasteiger charge is 2.18. The Hall–Kier alpha value is -4.73. The number of nitrogens with zero attached hydrogens (tertiary/aromatic N) is 3. The number of hydrogen-bond acceptors (Lipinski definition) is 5. The van der Waals surface area contributed by atoms with Gasteiger partial charge < -0.3 is 20.9 Å². The van der Waals surface area contributed by atoms with Gasteiger partial charge in [0, 0.05) is 48.6 Å². The number of rotatable bonds is 8. The zero-order valence-corrected chi connectivity index (χ0v) is 22.4. The Labute approximate surface area is 227 Å². The van der Waals surface area contributed by atoms with Crippen molar-refractivity contribution in [3.8, 4) is 11.1 Å². The zero-order chi connectivity index (χ0) is 27.9. The van der Waals surface area contributed by atoms with E-state index in [1.165, 1.54) is 4.90 Å². The van der Waals surface area contributed by atoms with E-state index in [2.05, 4.69) is 37.7 Å². The minimum Gasteiger partial charge on any atom is -0.349 e. The van der Waals surface area contributed by atoms with E-state index in [1.54, 1.807) is 51.6 Å². The van der Waals surface area contributed by atoms with Gasteiger partial charge in [-0.2, -0.15) is 5.10 Å². The summed E-state index contributed by atoms with van der Waals surface area (Å²) < 4.78 is 0. The molecule has 1 aliphatic carbocycles. The molecule has 0 unspecified atom stereocenters. The van der Waals surface area contributed by atoms with Gasteiger partial charge in [0.05, 0.1) is 17.4 Å². The molecule has 10 nitrogen and oxygen atoms in total. The van der Waals surface area contributed by atoms with E-state index in [9.17, 15) is 14.4 Å². The number of carbonyl (C=O) groups excluding carboxylic acids is 3. The molecule has 1 saturated carbocycles. The molecule has 0 aliphatic heterocycles. The molecule has 0 radical (unpaired) electrons. The third-order valence-corrected chi connectivity index (χ3v) is 6.52. The highest BCUT2D eigenvalue weighted by Crippen LogP contribution is 2.27. The molecule has 0 atom stereocenters. The van der Waals surface area contributed by atoms with Crippen molar-refractivity contribution in [1.82, 2.24) is 30.7 Å². The number of benzene rings is 1. The number of anilines is 1. The number of hydrogen-bond donors (Lipinski definition) is 4. The third-order valence-electron chi connectivity index (χ3n) is 6.52. The van der Waals surface area contributed by atoms with Crippen LogP contribution in [0.1, 0.15) is 43.1 Å². The third kappa shape index (κ3) is 6.78. The number of fused-ring (bicyclic) bond motifs is 1. The predicted octanol–water partition coefficient (Wildman–Crippen LogP) is 4.52. The summed E-state index contributed by atoms with van der Waals surface area (Å²) >= 11 is 0. The van der Waals surface area contributed by atoms with E-state index >= 15 is 0 Å². The lowest BCUT2D eigenvalue weighted by Gasteiger charge is -2.12. The van der Waals surface area contributed by atoms with Crippen LogP contribution in [0.15, 0.2) is 72.7 Å².